The molecule has 4 aliphatic carbocycles. The SMILES string of the molecule is Cc1nnc(NC(=O)CN2C(=O)[C@@H]3[C@H]4C=C[C@@H]([C@@H]5C[C@@H]45)[C@@H]3C2=O)s1. The van der Waals surface area contributed by atoms with Crippen LogP contribution in [-0.4, -0.2) is 39.4 Å². The Bertz CT molecular complexity index is 767. The number of allylic oxidation sites excluding steroid dienone is 2. The summed E-state index contributed by atoms with van der Waals surface area (Å²) in [7, 11) is 0. The van der Waals surface area contributed by atoms with E-state index in [1.165, 1.54) is 11.3 Å². The average molecular weight is 344 g/mol. The summed E-state index contributed by atoms with van der Waals surface area (Å²) >= 11 is 1.26. The van der Waals surface area contributed by atoms with Crippen LogP contribution < -0.4 is 5.32 Å². The maximum Gasteiger partial charge on any atom is 0.246 e. The zero-order chi connectivity index (χ0) is 16.6. The number of hydrogen-bond donors (Lipinski definition) is 1. The molecular weight excluding hydrogens is 328 g/mol. The Kier molecular flexibility index (Phi) is 2.81. The summed E-state index contributed by atoms with van der Waals surface area (Å²) in [4.78, 5) is 38.9. The normalized spacial score (nSPS) is 38.3. The van der Waals surface area contributed by atoms with E-state index in [0.717, 1.165) is 16.3 Å². The van der Waals surface area contributed by atoms with Crippen molar-refractivity contribution >= 4 is 34.2 Å². The van der Waals surface area contributed by atoms with E-state index in [-0.39, 0.29) is 42.0 Å². The van der Waals surface area contributed by atoms with E-state index in [2.05, 4.69) is 27.7 Å². The topological polar surface area (TPSA) is 92.3 Å². The molecule has 2 saturated carbocycles. The Morgan fingerprint density at radius 2 is 1.83 bits per heavy atom. The number of carbonyl (C=O) groups excluding carboxylic acids is 3. The summed E-state index contributed by atoms with van der Waals surface area (Å²) < 4.78 is 0. The summed E-state index contributed by atoms with van der Waals surface area (Å²) in [5.74, 6) is 0.210. The van der Waals surface area contributed by atoms with Gasteiger partial charge in [-0.15, -0.1) is 10.2 Å². The van der Waals surface area contributed by atoms with Gasteiger partial charge in [0.2, 0.25) is 22.9 Å². The molecule has 0 unspecified atom stereocenters. The van der Waals surface area contributed by atoms with Crippen LogP contribution in [0, 0.1) is 42.4 Å². The van der Waals surface area contributed by atoms with Crippen LogP contribution in [0.15, 0.2) is 12.2 Å². The van der Waals surface area contributed by atoms with Gasteiger partial charge >= 0.3 is 0 Å². The summed E-state index contributed by atoms with van der Waals surface area (Å²) in [5, 5.41) is 11.4. The third kappa shape index (κ3) is 1.86. The summed E-state index contributed by atoms with van der Waals surface area (Å²) in [6, 6.07) is 0. The molecule has 6 rings (SSSR count). The molecular formula is C16H16N4O3S. The van der Waals surface area contributed by atoms with Crippen LogP contribution in [0.1, 0.15) is 11.4 Å². The van der Waals surface area contributed by atoms with Crippen molar-refractivity contribution in [1.82, 2.24) is 15.1 Å². The first-order chi connectivity index (χ1) is 11.5. The predicted molar refractivity (Wildman–Crippen MR) is 84.7 cm³/mol. The minimum absolute atomic E-state index is 0.181. The number of anilines is 1. The molecule has 124 valence electrons. The first-order valence-electron chi connectivity index (χ1n) is 8.18. The smallest absolute Gasteiger partial charge is 0.246 e. The molecule has 8 heteroatoms. The van der Waals surface area contributed by atoms with Crippen molar-refractivity contribution in [3.63, 3.8) is 0 Å². The molecule has 0 spiro atoms. The second kappa shape index (κ2) is 4.72. The van der Waals surface area contributed by atoms with Gasteiger partial charge in [-0.25, -0.2) is 0 Å². The zero-order valence-electron chi connectivity index (χ0n) is 13.0. The number of imide groups is 1. The largest absolute Gasteiger partial charge is 0.299 e. The maximum absolute atomic E-state index is 12.8. The number of amides is 3. The predicted octanol–water partition coefficient (Wildman–Crippen LogP) is 0.838. The Labute approximate surface area is 142 Å². The molecule has 0 aromatic carbocycles. The second-order valence-electron chi connectivity index (χ2n) is 7.09. The molecule has 6 atom stereocenters. The highest BCUT2D eigenvalue weighted by atomic mass is 32.1. The Hall–Kier alpha value is -2.09. The van der Waals surface area contributed by atoms with Crippen LogP contribution in [0.25, 0.3) is 0 Å². The average Bonchev–Trinajstić information content (AvgIpc) is 3.24. The van der Waals surface area contributed by atoms with E-state index >= 15 is 0 Å². The van der Waals surface area contributed by atoms with E-state index in [0.29, 0.717) is 17.0 Å². The molecule has 3 amide bonds. The van der Waals surface area contributed by atoms with E-state index in [1.807, 2.05) is 0 Å². The number of aryl methyl sites for hydroxylation is 1. The van der Waals surface area contributed by atoms with Crippen LogP contribution >= 0.6 is 11.3 Å². The Morgan fingerprint density at radius 3 is 2.38 bits per heavy atom. The summed E-state index contributed by atoms with van der Waals surface area (Å²) in [6.07, 6.45) is 5.38. The fourth-order valence-corrected chi connectivity index (χ4v) is 5.43. The van der Waals surface area contributed by atoms with Gasteiger partial charge in [0.1, 0.15) is 11.6 Å². The van der Waals surface area contributed by atoms with E-state index in [4.69, 9.17) is 0 Å². The van der Waals surface area contributed by atoms with Gasteiger partial charge in [0, 0.05) is 0 Å². The summed E-state index contributed by atoms with van der Waals surface area (Å²) in [6.45, 7) is 1.55. The van der Waals surface area contributed by atoms with Gasteiger partial charge in [-0.3, -0.25) is 24.6 Å². The van der Waals surface area contributed by atoms with Crippen LogP contribution in [0.5, 0.6) is 0 Å². The molecule has 1 N–H and O–H groups in total. The summed E-state index contributed by atoms with van der Waals surface area (Å²) in [5.41, 5.74) is 0. The number of nitrogens with one attached hydrogen (secondary N) is 1. The zero-order valence-corrected chi connectivity index (χ0v) is 13.8. The lowest BCUT2D eigenvalue weighted by Crippen LogP contribution is -2.40. The molecule has 1 aromatic heterocycles. The highest BCUT2D eigenvalue weighted by Crippen LogP contribution is 2.65. The number of likely N-dealkylation sites (tertiary alicyclic amines) is 1. The molecule has 0 radical (unpaired) electrons. The van der Waals surface area contributed by atoms with E-state index in [9.17, 15) is 14.4 Å². The molecule has 5 aliphatic rings. The fourth-order valence-electron chi connectivity index (χ4n) is 4.82. The standard InChI is InChI=1S/C16H16N4O3S/c1-6-18-19-16(24-6)17-11(21)5-20-14(22)12-7-2-3-8(10-4-9(7)10)13(12)15(20)23/h2-3,7-10,12-13H,4-5H2,1H3,(H,17,19,21)/t7-,8-,9-,10-,12-,13+/m0/s1. The van der Waals surface area contributed by atoms with Crippen molar-refractivity contribution in [3.8, 4) is 0 Å². The van der Waals surface area contributed by atoms with Crippen molar-refractivity contribution in [2.75, 3.05) is 11.9 Å². The molecule has 2 heterocycles. The van der Waals surface area contributed by atoms with Gasteiger partial charge in [-0.1, -0.05) is 23.5 Å². The highest BCUT2D eigenvalue weighted by Gasteiger charge is 2.67. The van der Waals surface area contributed by atoms with E-state index in [1.54, 1.807) is 6.92 Å². The lowest BCUT2D eigenvalue weighted by molar-refractivity contribution is -0.142. The highest BCUT2D eigenvalue weighted by molar-refractivity contribution is 7.15. The minimum atomic E-state index is -0.406. The van der Waals surface area contributed by atoms with Crippen LogP contribution in [-0.2, 0) is 14.4 Å². The van der Waals surface area contributed by atoms with Crippen molar-refractivity contribution in [2.45, 2.75) is 13.3 Å². The number of aromatic nitrogens is 2. The third-order valence-electron chi connectivity index (χ3n) is 5.83. The van der Waals surface area contributed by atoms with Gasteiger partial charge in [-0.2, -0.15) is 0 Å². The van der Waals surface area contributed by atoms with Crippen molar-refractivity contribution in [3.05, 3.63) is 17.2 Å². The van der Waals surface area contributed by atoms with Crippen molar-refractivity contribution in [2.24, 2.45) is 35.5 Å². The minimum Gasteiger partial charge on any atom is -0.299 e. The quantitative estimate of drug-likeness (QED) is 0.648. The van der Waals surface area contributed by atoms with Crippen LogP contribution in [0.2, 0.25) is 0 Å². The van der Waals surface area contributed by atoms with Gasteiger partial charge in [-0.05, 0) is 37.0 Å². The molecule has 3 fully saturated rings. The fraction of sp³-hybridized carbons (Fsp3) is 0.562. The molecule has 1 aliphatic heterocycles. The number of rotatable bonds is 3. The molecule has 1 saturated heterocycles. The maximum atomic E-state index is 12.8. The monoisotopic (exact) mass is 344 g/mol. The molecule has 24 heavy (non-hydrogen) atoms. The van der Waals surface area contributed by atoms with Gasteiger partial charge in [0.05, 0.1) is 11.8 Å². The van der Waals surface area contributed by atoms with Gasteiger partial charge < -0.3 is 0 Å². The second-order valence-corrected chi connectivity index (χ2v) is 8.27. The van der Waals surface area contributed by atoms with E-state index < -0.39 is 5.91 Å². The Morgan fingerprint density at radius 1 is 1.21 bits per heavy atom. The first kappa shape index (κ1) is 14.3. The lowest BCUT2D eigenvalue weighted by atomic mass is 9.63. The van der Waals surface area contributed by atoms with Gasteiger partial charge in [0.25, 0.3) is 0 Å². The molecule has 7 nitrogen and oxygen atoms in total. The number of carbonyl (C=O) groups is 3. The van der Waals surface area contributed by atoms with Crippen LogP contribution in [0.4, 0.5) is 5.13 Å². The lowest BCUT2D eigenvalue weighted by Gasteiger charge is -2.37. The van der Waals surface area contributed by atoms with Gasteiger partial charge in [0.15, 0.2) is 0 Å². The third-order valence-corrected chi connectivity index (χ3v) is 6.58. The molecule has 1 aromatic rings. The molecule has 2 bridgehead atoms. The van der Waals surface area contributed by atoms with Crippen molar-refractivity contribution < 1.29 is 14.4 Å². The Balaban J connectivity index is 1.34. The van der Waals surface area contributed by atoms with Crippen molar-refractivity contribution in [1.29, 1.82) is 0 Å². The number of nitrogens with zero attached hydrogens (tertiary/aromatic N) is 3. The number of hydrogen-bond acceptors (Lipinski definition) is 6. The first-order valence-corrected chi connectivity index (χ1v) is 9.00. The van der Waals surface area contributed by atoms with Crippen LogP contribution in [0.3, 0.4) is 0 Å².